The van der Waals surface area contributed by atoms with E-state index >= 15 is 0 Å². The molecule has 5 nitrogen and oxygen atoms in total. The van der Waals surface area contributed by atoms with Crippen LogP contribution < -0.4 is 5.32 Å². The minimum atomic E-state index is -4.38. The van der Waals surface area contributed by atoms with Crippen molar-refractivity contribution in [2.45, 2.75) is 32.0 Å². The van der Waals surface area contributed by atoms with Gasteiger partial charge in [0, 0.05) is 13.1 Å². The number of aliphatic hydroxyl groups is 1. The number of likely N-dealkylation sites (N-methyl/N-ethyl adjacent to an activating group) is 1. The Balaban J connectivity index is 2.32. The number of piperidine rings is 1. The normalized spacial score (nSPS) is 19.4. The maximum Gasteiger partial charge on any atom is 0.405 e. The summed E-state index contributed by atoms with van der Waals surface area (Å²) >= 11 is 0. The highest BCUT2D eigenvalue weighted by molar-refractivity contribution is 5.81. The first-order chi connectivity index (χ1) is 10.2. The van der Waals surface area contributed by atoms with Crippen LogP contribution in [0.5, 0.6) is 0 Å². The molecule has 22 heavy (non-hydrogen) atoms. The molecule has 130 valence electrons. The molecule has 8 heteroatoms. The van der Waals surface area contributed by atoms with Gasteiger partial charge in [-0.3, -0.25) is 9.69 Å². The van der Waals surface area contributed by atoms with Crippen molar-refractivity contribution in [3.8, 4) is 0 Å². The van der Waals surface area contributed by atoms with Crippen LogP contribution in [-0.4, -0.2) is 79.4 Å². The van der Waals surface area contributed by atoms with Gasteiger partial charge in [0.15, 0.2) is 0 Å². The third kappa shape index (κ3) is 6.93. The fourth-order valence-corrected chi connectivity index (χ4v) is 2.63. The van der Waals surface area contributed by atoms with E-state index in [2.05, 4.69) is 4.90 Å². The lowest BCUT2D eigenvalue weighted by Gasteiger charge is -2.34. The molecule has 1 heterocycles. The first-order valence-electron chi connectivity index (χ1n) is 7.61. The Morgan fingerprint density at radius 3 is 2.50 bits per heavy atom. The lowest BCUT2D eigenvalue weighted by molar-refractivity contribution is -0.141. The molecule has 0 saturated carbocycles. The van der Waals surface area contributed by atoms with Crippen molar-refractivity contribution in [3.05, 3.63) is 0 Å². The maximum atomic E-state index is 12.1. The molecule has 0 aromatic rings. The number of β-amino-alcohol motifs (C(OH)–C–C–N with tert-alkyl or cyclic N) is 1. The Kier molecular flexibility index (Phi) is 7.58. The maximum absolute atomic E-state index is 12.1. The number of carbonyl (C=O) groups is 1. The fraction of sp³-hybridized carbons (Fsp3) is 0.929. The van der Waals surface area contributed by atoms with Gasteiger partial charge in [0.2, 0.25) is 5.91 Å². The summed E-state index contributed by atoms with van der Waals surface area (Å²) in [7, 11) is 1.76. The molecule has 1 aliphatic heterocycles. The number of halogens is 3. The lowest BCUT2D eigenvalue weighted by atomic mass is 9.96. The molecule has 1 atom stereocenters. The third-order valence-electron chi connectivity index (χ3n) is 4.17. The van der Waals surface area contributed by atoms with E-state index in [1.54, 1.807) is 18.9 Å². The van der Waals surface area contributed by atoms with E-state index in [1.807, 2.05) is 5.32 Å². The topological polar surface area (TPSA) is 55.8 Å². The third-order valence-corrected chi connectivity index (χ3v) is 4.17. The van der Waals surface area contributed by atoms with E-state index in [0.717, 1.165) is 25.9 Å². The van der Waals surface area contributed by atoms with Gasteiger partial charge in [-0.2, -0.15) is 13.2 Å². The molecular formula is C14H26F3N3O2. The van der Waals surface area contributed by atoms with Crippen molar-refractivity contribution < 1.29 is 23.1 Å². The van der Waals surface area contributed by atoms with E-state index in [0.29, 0.717) is 19.0 Å². The van der Waals surface area contributed by atoms with Gasteiger partial charge in [0.25, 0.3) is 0 Å². The average molecular weight is 325 g/mol. The Hall–Kier alpha value is -0.860. The zero-order valence-corrected chi connectivity index (χ0v) is 13.2. The summed E-state index contributed by atoms with van der Waals surface area (Å²) in [6, 6.07) is -0.585. The molecule has 1 fully saturated rings. The zero-order chi connectivity index (χ0) is 16.8. The number of aliphatic hydroxyl groups excluding tert-OH is 1. The monoisotopic (exact) mass is 325 g/mol. The Morgan fingerprint density at radius 1 is 1.41 bits per heavy atom. The van der Waals surface area contributed by atoms with Crippen molar-refractivity contribution >= 4 is 5.91 Å². The Labute approximate surface area is 129 Å². The second-order valence-electron chi connectivity index (χ2n) is 5.96. The molecule has 1 rings (SSSR count). The number of likely N-dealkylation sites (tertiary alicyclic amines) is 1. The van der Waals surface area contributed by atoms with E-state index in [1.165, 1.54) is 0 Å². The van der Waals surface area contributed by atoms with E-state index < -0.39 is 24.7 Å². The SMILES string of the molecule is C[C@@H](C(=O)NCC(F)(F)F)N(C)CC1CCN(CCO)CC1. The molecule has 1 saturated heterocycles. The molecule has 0 unspecified atom stereocenters. The highest BCUT2D eigenvalue weighted by Crippen LogP contribution is 2.18. The van der Waals surface area contributed by atoms with Crippen molar-refractivity contribution in [3.63, 3.8) is 0 Å². The Morgan fingerprint density at radius 2 is 2.00 bits per heavy atom. The number of rotatable bonds is 7. The van der Waals surface area contributed by atoms with Gasteiger partial charge in [-0.1, -0.05) is 0 Å². The number of nitrogens with zero attached hydrogens (tertiary/aromatic N) is 2. The van der Waals surface area contributed by atoms with E-state index in [9.17, 15) is 18.0 Å². The number of amides is 1. The highest BCUT2D eigenvalue weighted by Gasteiger charge is 2.30. The second-order valence-corrected chi connectivity index (χ2v) is 5.96. The molecule has 2 N–H and O–H groups in total. The standard InChI is InChI=1S/C14H26F3N3O2/c1-11(13(22)18-10-14(15,16)17)19(2)9-12-3-5-20(6-4-12)7-8-21/h11-12,21H,3-10H2,1-2H3,(H,18,22)/t11-/m0/s1. The minimum absolute atomic E-state index is 0.154. The molecule has 1 aliphatic rings. The quantitative estimate of drug-likeness (QED) is 0.723. The van der Waals surface area contributed by atoms with Gasteiger partial charge in [0.05, 0.1) is 12.6 Å². The zero-order valence-electron chi connectivity index (χ0n) is 13.2. The number of hydrogen-bond acceptors (Lipinski definition) is 4. The van der Waals surface area contributed by atoms with Gasteiger partial charge < -0.3 is 15.3 Å². The number of hydrogen-bond donors (Lipinski definition) is 2. The van der Waals surface area contributed by atoms with Crippen LogP contribution in [0, 0.1) is 5.92 Å². The van der Waals surface area contributed by atoms with Crippen molar-refractivity contribution in [2.75, 3.05) is 46.4 Å². The van der Waals surface area contributed by atoms with Crippen LogP contribution in [0.2, 0.25) is 0 Å². The molecule has 0 spiro atoms. The first-order valence-corrected chi connectivity index (χ1v) is 7.61. The van der Waals surface area contributed by atoms with Crippen LogP contribution in [0.1, 0.15) is 19.8 Å². The average Bonchev–Trinajstić information content (AvgIpc) is 2.45. The molecule has 0 aliphatic carbocycles. The van der Waals surface area contributed by atoms with E-state index in [4.69, 9.17) is 5.11 Å². The van der Waals surface area contributed by atoms with Gasteiger partial charge in [-0.25, -0.2) is 0 Å². The van der Waals surface area contributed by atoms with Crippen LogP contribution >= 0.6 is 0 Å². The van der Waals surface area contributed by atoms with Crippen molar-refractivity contribution in [1.82, 2.24) is 15.1 Å². The van der Waals surface area contributed by atoms with Crippen LogP contribution in [-0.2, 0) is 4.79 Å². The minimum Gasteiger partial charge on any atom is -0.395 e. The van der Waals surface area contributed by atoms with Crippen LogP contribution in [0.15, 0.2) is 0 Å². The first kappa shape index (κ1) is 19.2. The lowest BCUT2D eigenvalue weighted by Crippen LogP contribution is -2.48. The van der Waals surface area contributed by atoms with Gasteiger partial charge >= 0.3 is 6.18 Å². The largest absolute Gasteiger partial charge is 0.405 e. The number of alkyl halides is 3. The summed E-state index contributed by atoms with van der Waals surface area (Å²) in [6.07, 6.45) is -2.43. The van der Waals surface area contributed by atoms with Crippen molar-refractivity contribution in [2.24, 2.45) is 5.92 Å². The second kappa shape index (κ2) is 8.69. The predicted octanol–water partition coefficient (Wildman–Crippen LogP) is 0.689. The molecule has 0 aromatic heterocycles. The summed E-state index contributed by atoms with van der Waals surface area (Å²) in [4.78, 5) is 15.7. The van der Waals surface area contributed by atoms with Crippen LogP contribution in [0.25, 0.3) is 0 Å². The predicted molar refractivity (Wildman–Crippen MR) is 77.4 cm³/mol. The molecule has 0 aromatic carbocycles. The van der Waals surface area contributed by atoms with Crippen molar-refractivity contribution in [1.29, 1.82) is 0 Å². The van der Waals surface area contributed by atoms with Gasteiger partial charge in [-0.05, 0) is 45.8 Å². The van der Waals surface area contributed by atoms with Crippen LogP contribution in [0.3, 0.4) is 0 Å². The summed E-state index contributed by atoms with van der Waals surface area (Å²) < 4.78 is 36.3. The van der Waals surface area contributed by atoms with Crippen LogP contribution in [0.4, 0.5) is 13.2 Å². The summed E-state index contributed by atoms with van der Waals surface area (Å²) in [6.45, 7) is 3.67. The number of carbonyl (C=O) groups excluding carboxylic acids is 1. The Bertz CT molecular complexity index is 345. The molecule has 0 radical (unpaired) electrons. The fourth-order valence-electron chi connectivity index (χ4n) is 2.63. The van der Waals surface area contributed by atoms with E-state index in [-0.39, 0.29) is 6.61 Å². The van der Waals surface area contributed by atoms with Gasteiger partial charge in [-0.15, -0.1) is 0 Å². The van der Waals surface area contributed by atoms with Gasteiger partial charge in [0.1, 0.15) is 6.54 Å². The smallest absolute Gasteiger partial charge is 0.395 e. The summed E-state index contributed by atoms with van der Waals surface area (Å²) in [5.41, 5.74) is 0. The highest BCUT2D eigenvalue weighted by atomic mass is 19.4. The summed E-state index contributed by atoms with van der Waals surface area (Å²) in [5.74, 6) is -0.171. The molecular weight excluding hydrogens is 299 g/mol. The molecule has 1 amide bonds. The number of nitrogens with one attached hydrogen (secondary N) is 1. The molecule has 0 bridgehead atoms. The summed E-state index contributed by atoms with van der Waals surface area (Å²) in [5, 5.41) is 10.8.